The van der Waals surface area contributed by atoms with Crippen molar-refractivity contribution in [3.05, 3.63) is 24.3 Å². The number of carbonyl (C=O) groups is 2. The van der Waals surface area contributed by atoms with Crippen molar-refractivity contribution in [3.8, 4) is 5.75 Å². The fraction of sp³-hybridized carbons (Fsp3) is 0.467. The molecule has 1 heterocycles. The highest BCUT2D eigenvalue weighted by molar-refractivity contribution is 8.00. The van der Waals surface area contributed by atoms with E-state index in [1.54, 1.807) is 14.0 Å². The number of aliphatic carboxylic acids is 1. The minimum atomic E-state index is -1.06. The Labute approximate surface area is 128 Å². The van der Waals surface area contributed by atoms with E-state index in [0.29, 0.717) is 13.0 Å². The largest absolute Gasteiger partial charge is 0.497 e. The molecule has 0 bridgehead atoms. The molecule has 1 fully saturated rings. The third kappa shape index (κ3) is 3.32. The van der Waals surface area contributed by atoms with Gasteiger partial charge in [0.1, 0.15) is 11.3 Å². The summed E-state index contributed by atoms with van der Waals surface area (Å²) in [4.78, 5) is 26.1. The second-order valence-corrected chi connectivity index (χ2v) is 6.24. The zero-order chi connectivity index (χ0) is 15.5. The summed E-state index contributed by atoms with van der Waals surface area (Å²) in [6, 6.07) is 7.47. The van der Waals surface area contributed by atoms with Gasteiger partial charge in [-0.15, -0.1) is 11.8 Å². The molecule has 6 heteroatoms. The second kappa shape index (κ2) is 6.39. The van der Waals surface area contributed by atoms with E-state index in [1.165, 1.54) is 16.7 Å². The number of thioether (sulfide) groups is 1. The minimum Gasteiger partial charge on any atom is -0.497 e. The molecule has 1 amide bonds. The van der Waals surface area contributed by atoms with Crippen LogP contribution in [-0.4, -0.2) is 46.8 Å². The third-order valence-electron chi connectivity index (χ3n) is 3.81. The number of nitrogens with zero attached hydrogens (tertiary/aromatic N) is 1. The summed E-state index contributed by atoms with van der Waals surface area (Å²) in [5.74, 6) is -0.0929. The van der Waals surface area contributed by atoms with Crippen molar-refractivity contribution in [3.63, 3.8) is 0 Å². The molecular weight excluding hydrogens is 290 g/mol. The zero-order valence-electron chi connectivity index (χ0n) is 12.2. The molecule has 0 aromatic heterocycles. The molecule has 1 N–H and O–H groups in total. The van der Waals surface area contributed by atoms with Gasteiger partial charge < -0.3 is 14.7 Å². The molecule has 21 heavy (non-hydrogen) atoms. The molecular formula is C15H19NO4S. The summed E-state index contributed by atoms with van der Waals surface area (Å²) < 4.78 is 5.14. The minimum absolute atomic E-state index is 0.134. The van der Waals surface area contributed by atoms with Crippen molar-refractivity contribution >= 4 is 23.6 Å². The van der Waals surface area contributed by atoms with Crippen molar-refractivity contribution in [1.29, 1.82) is 0 Å². The zero-order valence-corrected chi connectivity index (χ0v) is 13.0. The molecule has 5 nitrogen and oxygen atoms in total. The average molecular weight is 309 g/mol. The smallest absolute Gasteiger partial charge is 0.329 e. The molecule has 0 saturated carbocycles. The van der Waals surface area contributed by atoms with Crippen LogP contribution >= 0.6 is 11.8 Å². The SMILES string of the molecule is COc1cccc(SCC(=O)N2CCCC2(C)C(=O)O)c1. The van der Waals surface area contributed by atoms with Crippen molar-refractivity contribution in [2.24, 2.45) is 0 Å². The Morgan fingerprint density at radius 2 is 2.24 bits per heavy atom. The van der Waals surface area contributed by atoms with E-state index in [2.05, 4.69) is 0 Å². The number of benzene rings is 1. The van der Waals surface area contributed by atoms with E-state index in [-0.39, 0.29) is 11.7 Å². The summed E-state index contributed by atoms with van der Waals surface area (Å²) in [7, 11) is 1.59. The Balaban J connectivity index is 2.00. The lowest BCUT2D eigenvalue weighted by molar-refractivity contribution is -0.154. The molecule has 0 radical (unpaired) electrons. The van der Waals surface area contributed by atoms with Gasteiger partial charge in [-0.05, 0) is 38.0 Å². The van der Waals surface area contributed by atoms with Crippen LogP contribution in [0, 0.1) is 0 Å². The normalized spacial score (nSPS) is 21.3. The maximum atomic E-state index is 12.3. The van der Waals surface area contributed by atoms with Gasteiger partial charge in [0.15, 0.2) is 0 Å². The molecule has 0 spiro atoms. The number of carboxylic acids is 1. The predicted molar refractivity (Wildman–Crippen MR) is 80.7 cm³/mol. The van der Waals surface area contributed by atoms with E-state index in [9.17, 15) is 14.7 Å². The van der Waals surface area contributed by atoms with Gasteiger partial charge in [-0.1, -0.05) is 6.07 Å². The number of hydrogen-bond donors (Lipinski definition) is 1. The van der Waals surface area contributed by atoms with Crippen LogP contribution in [0.5, 0.6) is 5.75 Å². The highest BCUT2D eigenvalue weighted by Gasteiger charge is 2.45. The van der Waals surface area contributed by atoms with Gasteiger partial charge in [0, 0.05) is 11.4 Å². The summed E-state index contributed by atoms with van der Waals surface area (Å²) in [6.07, 6.45) is 1.25. The van der Waals surface area contributed by atoms with Crippen LogP contribution in [0.15, 0.2) is 29.2 Å². The topological polar surface area (TPSA) is 66.8 Å². The highest BCUT2D eigenvalue weighted by Crippen LogP contribution is 2.31. The van der Waals surface area contributed by atoms with Gasteiger partial charge in [0.25, 0.3) is 0 Å². The maximum absolute atomic E-state index is 12.3. The van der Waals surface area contributed by atoms with Crippen molar-refractivity contribution in [2.75, 3.05) is 19.4 Å². The first-order valence-corrected chi connectivity index (χ1v) is 7.76. The lowest BCUT2D eigenvalue weighted by Gasteiger charge is -2.31. The number of amides is 1. The fourth-order valence-electron chi connectivity index (χ4n) is 2.50. The first-order valence-electron chi connectivity index (χ1n) is 6.78. The van der Waals surface area contributed by atoms with E-state index in [4.69, 9.17) is 4.74 Å². The highest BCUT2D eigenvalue weighted by atomic mass is 32.2. The summed E-state index contributed by atoms with van der Waals surface area (Å²) in [6.45, 7) is 2.14. The summed E-state index contributed by atoms with van der Waals surface area (Å²) in [5, 5.41) is 9.33. The molecule has 1 atom stereocenters. The number of rotatable bonds is 5. The maximum Gasteiger partial charge on any atom is 0.329 e. The molecule has 1 aromatic carbocycles. The van der Waals surface area contributed by atoms with Gasteiger partial charge in [0.2, 0.25) is 5.91 Å². The lowest BCUT2D eigenvalue weighted by atomic mass is 9.99. The number of ether oxygens (including phenoxy) is 1. The molecule has 1 aliphatic heterocycles. The number of methoxy groups -OCH3 is 1. The third-order valence-corrected chi connectivity index (χ3v) is 4.78. The number of carbonyl (C=O) groups excluding carboxylic acids is 1. The van der Waals surface area contributed by atoms with E-state index < -0.39 is 11.5 Å². The first-order chi connectivity index (χ1) is 9.97. The van der Waals surface area contributed by atoms with Crippen molar-refractivity contribution in [2.45, 2.75) is 30.2 Å². The number of likely N-dealkylation sites (tertiary alicyclic amines) is 1. The number of hydrogen-bond acceptors (Lipinski definition) is 4. The Kier molecular flexibility index (Phi) is 4.77. The van der Waals surface area contributed by atoms with Gasteiger partial charge in [-0.25, -0.2) is 4.79 Å². The molecule has 1 aromatic rings. The van der Waals surface area contributed by atoms with E-state index in [1.807, 2.05) is 24.3 Å². The molecule has 1 aliphatic rings. The second-order valence-electron chi connectivity index (χ2n) is 5.20. The van der Waals surface area contributed by atoms with Crippen LogP contribution in [0.25, 0.3) is 0 Å². The van der Waals surface area contributed by atoms with Crippen molar-refractivity contribution < 1.29 is 19.4 Å². The monoisotopic (exact) mass is 309 g/mol. The van der Waals surface area contributed by atoms with Crippen LogP contribution in [0.2, 0.25) is 0 Å². The summed E-state index contributed by atoms with van der Waals surface area (Å²) in [5.41, 5.74) is -1.06. The van der Waals surface area contributed by atoms with Crippen LogP contribution in [0.4, 0.5) is 0 Å². The van der Waals surface area contributed by atoms with E-state index >= 15 is 0 Å². The molecule has 1 saturated heterocycles. The van der Waals surface area contributed by atoms with Crippen LogP contribution in [0.3, 0.4) is 0 Å². The van der Waals surface area contributed by atoms with Gasteiger partial charge in [0.05, 0.1) is 12.9 Å². The Bertz CT molecular complexity index is 548. The van der Waals surface area contributed by atoms with Gasteiger partial charge >= 0.3 is 5.97 Å². The van der Waals surface area contributed by atoms with Crippen LogP contribution in [0.1, 0.15) is 19.8 Å². The first kappa shape index (κ1) is 15.7. The van der Waals surface area contributed by atoms with Crippen LogP contribution in [-0.2, 0) is 9.59 Å². The lowest BCUT2D eigenvalue weighted by Crippen LogP contribution is -2.51. The van der Waals surface area contributed by atoms with Crippen molar-refractivity contribution in [1.82, 2.24) is 4.90 Å². The Morgan fingerprint density at radius 3 is 2.90 bits per heavy atom. The molecule has 114 valence electrons. The summed E-state index contributed by atoms with van der Waals surface area (Å²) >= 11 is 1.39. The molecule has 1 unspecified atom stereocenters. The van der Waals surface area contributed by atoms with Gasteiger partial charge in [-0.2, -0.15) is 0 Å². The average Bonchev–Trinajstić information content (AvgIpc) is 2.88. The quantitative estimate of drug-likeness (QED) is 0.845. The molecule has 0 aliphatic carbocycles. The Morgan fingerprint density at radius 1 is 1.48 bits per heavy atom. The van der Waals surface area contributed by atoms with Gasteiger partial charge in [-0.3, -0.25) is 4.79 Å². The number of carboxylic acid groups (broad SMARTS) is 1. The predicted octanol–water partition coefficient (Wildman–Crippen LogP) is 2.25. The Hall–Kier alpha value is -1.69. The standard InChI is InChI=1S/C15H19NO4S/c1-15(14(18)19)7-4-8-16(15)13(17)10-21-12-6-3-5-11(9-12)20-2/h3,5-6,9H,4,7-8,10H2,1-2H3,(H,18,19). The fourth-order valence-corrected chi connectivity index (χ4v) is 3.32. The van der Waals surface area contributed by atoms with Crippen LogP contribution < -0.4 is 4.74 Å². The van der Waals surface area contributed by atoms with E-state index in [0.717, 1.165) is 17.1 Å². The molecule has 2 rings (SSSR count).